The maximum absolute atomic E-state index is 12.0. The van der Waals surface area contributed by atoms with Crippen LogP contribution in [-0.2, 0) is 19.5 Å². The van der Waals surface area contributed by atoms with Crippen LogP contribution in [0.1, 0.15) is 33.0 Å². The van der Waals surface area contributed by atoms with E-state index in [2.05, 4.69) is 39.5 Å². The van der Waals surface area contributed by atoms with Crippen molar-refractivity contribution in [2.45, 2.75) is 25.9 Å². The van der Waals surface area contributed by atoms with E-state index in [1.165, 1.54) is 22.5 Å². The van der Waals surface area contributed by atoms with Crippen LogP contribution in [0.3, 0.4) is 0 Å². The van der Waals surface area contributed by atoms with Gasteiger partial charge in [0.2, 0.25) is 0 Å². The summed E-state index contributed by atoms with van der Waals surface area (Å²) in [6.45, 7) is 4.16. The van der Waals surface area contributed by atoms with E-state index in [0.29, 0.717) is 18.8 Å². The first kappa shape index (κ1) is 16.1. The second-order valence-corrected chi connectivity index (χ2v) is 6.68. The minimum Gasteiger partial charge on any atom is -0.351 e. The number of benzene rings is 1. The summed E-state index contributed by atoms with van der Waals surface area (Å²) in [5.74, 6) is -0.107. The topological polar surface area (TPSA) is 71.2 Å². The Kier molecular flexibility index (Phi) is 5.38. The van der Waals surface area contributed by atoms with Gasteiger partial charge in [-0.3, -0.25) is 9.69 Å². The first-order valence-corrected chi connectivity index (χ1v) is 8.86. The minimum absolute atomic E-state index is 0.107. The third-order valence-electron chi connectivity index (χ3n) is 4.11. The molecule has 0 unspecified atom stereocenters. The Hall–Kier alpha value is -1.76. The van der Waals surface area contributed by atoms with E-state index in [1.54, 1.807) is 5.38 Å². The van der Waals surface area contributed by atoms with E-state index >= 15 is 0 Å². The largest absolute Gasteiger partial charge is 0.351 e. The molecule has 0 saturated carbocycles. The Balaban J connectivity index is 1.39. The van der Waals surface area contributed by atoms with Crippen molar-refractivity contribution in [3.05, 3.63) is 51.5 Å². The van der Waals surface area contributed by atoms with Gasteiger partial charge < -0.3 is 11.1 Å². The fourth-order valence-corrected chi connectivity index (χ4v) is 3.50. The highest BCUT2D eigenvalue weighted by atomic mass is 32.1. The van der Waals surface area contributed by atoms with Gasteiger partial charge in [-0.15, -0.1) is 11.3 Å². The van der Waals surface area contributed by atoms with Crippen LogP contribution < -0.4 is 11.1 Å². The van der Waals surface area contributed by atoms with Crippen LogP contribution in [0.4, 0.5) is 0 Å². The van der Waals surface area contributed by atoms with Gasteiger partial charge in [0.15, 0.2) is 0 Å². The summed E-state index contributed by atoms with van der Waals surface area (Å²) in [6.07, 6.45) is 2.06. The van der Waals surface area contributed by atoms with Crippen molar-refractivity contribution in [2.24, 2.45) is 5.73 Å². The molecule has 0 atom stereocenters. The van der Waals surface area contributed by atoms with Crippen LogP contribution >= 0.6 is 11.3 Å². The normalized spacial score (nSPS) is 14.5. The number of carbonyl (C=O) groups is 1. The SMILES string of the molecule is NCc1nc(C(=O)NCCCN2CCc3ccccc3C2)cs1. The summed E-state index contributed by atoms with van der Waals surface area (Å²) in [5.41, 5.74) is 8.89. The van der Waals surface area contributed by atoms with Crippen LogP contribution in [0.5, 0.6) is 0 Å². The van der Waals surface area contributed by atoms with Crippen molar-refractivity contribution in [1.82, 2.24) is 15.2 Å². The van der Waals surface area contributed by atoms with Crippen LogP contribution in [0, 0.1) is 0 Å². The van der Waals surface area contributed by atoms with E-state index in [-0.39, 0.29) is 5.91 Å². The Morgan fingerprint density at radius 3 is 2.96 bits per heavy atom. The van der Waals surface area contributed by atoms with Gasteiger partial charge in [0, 0.05) is 38.1 Å². The predicted octanol–water partition coefficient (Wildman–Crippen LogP) is 1.78. The number of nitrogens with two attached hydrogens (primary N) is 1. The molecule has 1 amide bonds. The summed E-state index contributed by atoms with van der Waals surface area (Å²) in [4.78, 5) is 18.6. The molecule has 0 saturated heterocycles. The molecule has 122 valence electrons. The van der Waals surface area contributed by atoms with Gasteiger partial charge >= 0.3 is 0 Å². The van der Waals surface area contributed by atoms with Crippen molar-refractivity contribution in [1.29, 1.82) is 0 Å². The third kappa shape index (κ3) is 4.16. The van der Waals surface area contributed by atoms with E-state index in [9.17, 15) is 4.79 Å². The second kappa shape index (κ2) is 7.68. The fourth-order valence-electron chi connectivity index (χ4n) is 2.85. The number of carbonyl (C=O) groups excluding carboxylic acids is 1. The Labute approximate surface area is 140 Å². The summed E-state index contributed by atoms with van der Waals surface area (Å²) in [6, 6.07) is 8.64. The monoisotopic (exact) mass is 330 g/mol. The Morgan fingerprint density at radius 2 is 2.17 bits per heavy atom. The lowest BCUT2D eigenvalue weighted by atomic mass is 10.00. The number of amides is 1. The molecule has 1 aliphatic heterocycles. The number of hydrogen-bond acceptors (Lipinski definition) is 5. The molecule has 3 rings (SSSR count). The molecule has 0 fully saturated rings. The van der Waals surface area contributed by atoms with Crippen molar-refractivity contribution in [2.75, 3.05) is 19.6 Å². The van der Waals surface area contributed by atoms with E-state index in [4.69, 9.17) is 5.73 Å². The fraction of sp³-hybridized carbons (Fsp3) is 0.412. The van der Waals surface area contributed by atoms with Crippen LogP contribution in [0.2, 0.25) is 0 Å². The van der Waals surface area contributed by atoms with Gasteiger partial charge in [0.1, 0.15) is 10.7 Å². The molecule has 3 N–H and O–H groups in total. The Bertz CT molecular complexity index is 670. The molecule has 2 heterocycles. The van der Waals surface area contributed by atoms with Gasteiger partial charge in [-0.05, 0) is 24.0 Å². The molecule has 1 aromatic carbocycles. The lowest BCUT2D eigenvalue weighted by Crippen LogP contribution is -2.33. The van der Waals surface area contributed by atoms with Gasteiger partial charge in [0.25, 0.3) is 5.91 Å². The van der Waals surface area contributed by atoms with Crippen LogP contribution in [-0.4, -0.2) is 35.4 Å². The molecule has 2 aromatic rings. The predicted molar refractivity (Wildman–Crippen MR) is 92.4 cm³/mol. The molecule has 0 bridgehead atoms. The average molecular weight is 330 g/mol. The number of fused-ring (bicyclic) bond motifs is 1. The second-order valence-electron chi connectivity index (χ2n) is 5.73. The van der Waals surface area contributed by atoms with Crippen molar-refractivity contribution >= 4 is 17.2 Å². The molecule has 1 aliphatic rings. The van der Waals surface area contributed by atoms with Gasteiger partial charge in [-0.2, -0.15) is 0 Å². The zero-order valence-electron chi connectivity index (χ0n) is 13.1. The average Bonchev–Trinajstić information content (AvgIpc) is 3.07. The number of hydrogen-bond donors (Lipinski definition) is 2. The summed E-state index contributed by atoms with van der Waals surface area (Å²) in [7, 11) is 0. The first-order valence-electron chi connectivity index (χ1n) is 7.98. The van der Waals surface area contributed by atoms with Gasteiger partial charge in [0.05, 0.1) is 0 Å². The molecule has 5 nitrogen and oxygen atoms in total. The van der Waals surface area contributed by atoms with Crippen LogP contribution in [0.15, 0.2) is 29.6 Å². The number of rotatable bonds is 6. The number of thiazole rings is 1. The number of nitrogens with zero attached hydrogens (tertiary/aromatic N) is 2. The molecule has 23 heavy (non-hydrogen) atoms. The van der Waals surface area contributed by atoms with Crippen LogP contribution in [0.25, 0.3) is 0 Å². The third-order valence-corrected chi connectivity index (χ3v) is 4.98. The number of aromatic nitrogens is 1. The van der Waals surface area contributed by atoms with Gasteiger partial charge in [-0.1, -0.05) is 24.3 Å². The molecule has 1 aromatic heterocycles. The lowest BCUT2D eigenvalue weighted by Gasteiger charge is -2.28. The van der Waals surface area contributed by atoms with Crippen molar-refractivity contribution < 1.29 is 4.79 Å². The lowest BCUT2D eigenvalue weighted by molar-refractivity contribution is 0.0947. The summed E-state index contributed by atoms with van der Waals surface area (Å²) in [5, 5.41) is 5.49. The minimum atomic E-state index is -0.107. The molecular formula is C17H22N4OS. The highest BCUT2D eigenvalue weighted by Gasteiger charge is 2.15. The maximum Gasteiger partial charge on any atom is 0.270 e. The first-order chi connectivity index (χ1) is 11.3. The zero-order valence-corrected chi connectivity index (χ0v) is 13.9. The molecule has 0 aliphatic carbocycles. The highest BCUT2D eigenvalue weighted by Crippen LogP contribution is 2.18. The molecule has 0 spiro atoms. The van der Waals surface area contributed by atoms with Crippen molar-refractivity contribution in [3.8, 4) is 0 Å². The van der Waals surface area contributed by atoms with E-state index in [1.807, 2.05) is 0 Å². The molecule has 6 heteroatoms. The maximum atomic E-state index is 12.0. The molecular weight excluding hydrogens is 308 g/mol. The van der Waals surface area contributed by atoms with Crippen molar-refractivity contribution in [3.63, 3.8) is 0 Å². The molecule has 0 radical (unpaired) electrons. The van der Waals surface area contributed by atoms with E-state index in [0.717, 1.165) is 37.5 Å². The summed E-state index contributed by atoms with van der Waals surface area (Å²) < 4.78 is 0. The quantitative estimate of drug-likeness (QED) is 0.792. The Morgan fingerprint density at radius 1 is 1.35 bits per heavy atom. The van der Waals surface area contributed by atoms with E-state index < -0.39 is 0 Å². The zero-order chi connectivity index (χ0) is 16.1. The number of nitrogens with one attached hydrogen (secondary N) is 1. The van der Waals surface area contributed by atoms with Gasteiger partial charge in [-0.25, -0.2) is 4.98 Å². The highest BCUT2D eigenvalue weighted by molar-refractivity contribution is 7.09. The standard InChI is InChI=1S/C17H22N4OS/c18-10-16-20-15(12-23-16)17(22)19-7-3-8-21-9-6-13-4-1-2-5-14(13)11-21/h1-2,4-5,12H,3,6-11,18H2,(H,19,22). The smallest absolute Gasteiger partial charge is 0.270 e. The summed E-state index contributed by atoms with van der Waals surface area (Å²) >= 11 is 1.43.